The van der Waals surface area contributed by atoms with Gasteiger partial charge in [0.2, 0.25) is 0 Å². The Bertz CT molecular complexity index is 616. The molecule has 0 radical (unpaired) electrons. The number of hydrogen-bond donors (Lipinski definition) is 1. The number of nitrogens with one attached hydrogen (secondary N) is 1. The van der Waals surface area contributed by atoms with E-state index in [9.17, 15) is 4.39 Å². The Hall–Kier alpha value is -1.67. The predicted octanol–water partition coefficient (Wildman–Crippen LogP) is 4.73. The van der Waals surface area contributed by atoms with Crippen LogP contribution in [0.25, 0.3) is 0 Å². The molecule has 0 aliphatic heterocycles. The predicted molar refractivity (Wildman–Crippen MR) is 84.9 cm³/mol. The van der Waals surface area contributed by atoms with Gasteiger partial charge in [0.05, 0.1) is 0 Å². The molecule has 0 spiro atoms. The van der Waals surface area contributed by atoms with E-state index in [1.165, 1.54) is 17.2 Å². The number of halogens is 1. The van der Waals surface area contributed by atoms with E-state index in [0.717, 1.165) is 18.4 Å². The van der Waals surface area contributed by atoms with Crippen molar-refractivity contribution in [3.05, 3.63) is 71.0 Å². The Morgan fingerprint density at radius 2 is 1.86 bits per heavy atom. The summed E-state index contributed by atoms with van der Waals surface area (Å²) in [6, 6.07) is 16.6. The molecule has 0 bridgehead atoms. The van der Waals surface area contributed by atoms with Crippen LogP contribution in [0.5, 0.6) is 0 Å². The van der Waals surface area contributed by atoms with Crippen LogP contribution in [0.1, 0.15) is 48.4 Å². The third-order valence-electron chi connectivity index (χ3n) is 4.49. The van der Waals surface area contributed by atoms with Gasteiger partial charge in [0.15, 0.2) is 0 Å². The van der Waals surface area contributed by atoms with Crippen molar-refractivity contribution in [2.75, 3.05) is 0 Å². The van der Waals surface area contributed by atoms with Gasteiger partial charge in [-0.3, -0.25) is 0 Å². The first-order valence-electron chi connectivity index (χ1n) is 7.70. The molecule has 0 amide bonds. The molecule has 1 saturated carbocycles. The van der Waals surface area contributed by atoms with Crippen molar-refractivity contribution in [3.63, 3.8) is 0 Å². The molecule has 1 atom stereocenters. The Morgan fingerprint density at radius 3 is 2.57 bits per heavy atom. The van der Waals surface area contributed by atoms with Crippen LogP contribution in [0.2, 0.25) is 0 Å². The molecule has 0 aromatic heterocycles. The highest BCUT2D eigenvalue weighted by Gasteiger charge is 2.31. The van der Waals surface area contributed by atoms with Gasteiger partial charge in [-0.2, -0.15) is 0 Å². The second-order valence-electron chi connectivity index (χ2n) is 6.22. The van der Waals surface area contributed by atoms with Gasteiger partial charge in [0, 0.05) is 12.1 Å². The van der Waals surface area contributed by atoms with Gasteiger partial charge < -0.3 is 5.32 Å². The first-order chi connectivity index (χ1) is 10.1. The van der Waals surface area contributed by atoms with E-state index in [1.54, 1.807) is 12.1 Å². The van der Waals surface area contributed by atoms with Crippen molar-refractivity contribution < 1.29 is 4.39 Å². The van der Waals surface area contributed by atoms with Crippen LogP contribution in [-0.2, 0) is 0 Å². The van der Waals surface area contributed by atoms with Crippen LogP contribution in [-0.4, -0.2) is 6.04 Å². The van der Waals surface area contributed by atoms with Crippen LogP contribution in [0.4, 0.5) is 4.39 Å². The van der Waals surface area contributed by atoms with Crippen LogP contribution in [0.15, 0.2) is 48.5 Å². The molecule has 1 N–H and O–H groups in total. The molecule has 0 saturated heterocycles. The minimum Gasteiger partial charge on any atom is -0.307 e. The fourth-order valence-electron chi connectivity index (χ4n) is 3.18. The molecule has 1 fully saturated rings. The fourth-order valence-corrected chi connectivity index (χ4v) is 3.18. The number of benzene rings is 2. The molecular formula is C19H22FN. The van der Waals surface area contributed by atoms with Gasteiger partial charge in [-0.25, -0.2) is 4.39 Å². The number of hydrogen-bond acceptors (Lipinski definition) is 1. The Morgan fingerprint density at radius 1 is 1.10 bits per heavy atom. The molecule has 2 heteroatoms. The first kappa shape index (κ1) is 14.3. The van der Waals surface area contributed by atoms with Crippen LogP contribution < -0.4 is 5.32 Å². The summed E-state index contributed by atoms with van der Waals surface area (Å²) in [6.45, 7) is 4.34. The topological polar surface area (TPSA) is 12.0 Å². The minimum atomic E-state index is -0.128. The highest BCUT2D eigenvalue weighted by molar-refractivity contribution is 5.26. The lowest BCUT2D eigenvalue weighted by Gasteiger charge is -2.38. The van der Waals surface area contributed by atoms with Crippen LogP contribution in [0.3, 0.4) is 0 Å². The summed E-state index contributed by atoms with van der Waals surface area (Å²) in [6.07, 6.45) is 2.19. The minimum absolute atomic E-state index is 0.128. The largest absolute Gasteiger partial charge is 0.307 e. The van der Waals surface area contributed by atoms with E-state index < -0.39 is 0 Å². The molecule has 0 unspecified atom stereocenters. The van der Waals surface area contributed by atoms with Gasteiger partial charge in [0.1, 0.15) is 5.82 Å². The molecule has 2 aromatic rings. The summed E-state index contributed by atoms with van der Waals surface area (Å²) in [5.41, 5.74) is 3.77. The molecule has 0 heterocycles. The average Bonchev–Trinajstić information content (AvgIpc) is 2.42. The summed E-state index contributed by atoms with van der Waals surface area (Å²) in [5, 5.41) is 3.68. The second kappa shape index (κ2) is 5.98. The van der Waals surface area contributed by atoms with E-state index in [4.69, 9.17) is 0 Å². The lowest BCUT2D eigenvalue weighted by atomic mass is 9.75. The lowest BCUT2D eigenvalue weighted by Crippen LogP contribution is -2.41. The van der Waals surface area contributed by atoms with E-state index in [0.29, 0.717) is 18.0 Å². The highest BCUT2D eigenvalue weighted by atomic mass is 19.1. The van der Waals surface area contributed by atoms with E-state index in [2.05, 4.69) is 43.4 Å². The van der Waals surface area contributed by atoms with Gasteiger partial charge >= 0.3 is 0 Å². The van der Waals surface area contributed by atoms with Crippen molar-refractivity contribution in [1.82, 2.24) is 5.32 Å². The zero-order chi connectivity index (χ0) is 14.8. The third-order valence-corrected chi connectivity index (χ3v) is 4.49. The van der Waals surface area contributed by atoms with E-state index >= 15 is 0 Å². The summed E-state index contributed by atoms with van der Waals surface area (Å²) in [4.78, 5) is 0. The highest BCUT2D eigenvalue weighted by Crippen LogP contribution is 2.38. The number of aryl methyl sites for hydroxylation is 1. The van der Waals surface area contributed by atoms with Crippen molar-refractivity contribution in [2.24, 2.45) is 0 Å². The van der Waals surface area contributed by atoms with Crippen molar-refractivity contribution in [2.45, 2.75) is 44.7 Å². The molecule has 1 aliphatic carbocycles. The fraction of sp³-hybridized carbons (Fsp3) is 0.368. The van der Waals surface area contributed by atoms with Crippen LogP contribution in [0, 0.1) is 12.7 Å². The summed E-state index contributed by atoms with van der Waals surface area (Å²) < 4.78 is 13.2. The maximum atomic E-state index is 13.2. The smallest absolute Gasteiger partial charge is 0.123 e. The molecule has 110 valence electrons. The monoisotopic (exact) mass is 283 g/mol. The average molecular weight is 283 g/mol. The normalized spacial score (nSPS) is 22.6. The van der Waals surface area contributed by atoms with Gasteiger partial charge in [-0.15, -0.1) is 0 Å². The Balaban J connectivity index is 1.55. The zero-order valence-corrected chi connectivity index (χ0v) is 12.6. The maximum Gasteiger partial charge on any atom is 0.123 e. The zero-order valence-electron chi connectivity index (χ0n) is 12.6. The quantitative estimate of drug-likeness (QED) is 0.855. The number of rotatable bonds is 4. The lowest BCUT2D eigenvalue weighted by molar-refractivity contribution is 0.270. The molecule has 21 heavy (non-hydrogen) atoms. The van der Waals surface area contributed by atoms with Crippen molar-refractivity contribution in [1.29, 1.82) is 0 Å². The van der Waals surface area contributed by atoms with Crippen LogP contribution >= 0.6 is 0 Å². The summed E-state index contributed by atoms with van der Waals surface area (Å²) in [5.74, 6) is 0.375. The molecule has 2 aromatic carbocycles. The Labute approximate surface area is 126 Å². The van der Waals surface area contributed by atoms with E-state index in [-0.39, 0.29) is 5.82 Å². The molecule has 3 rings (SSSR count). The second-order valence-corrected chi connectivity index (χ2v) is 6.22. The Kier molecular flexibility index (Phi) is 4.07. The molecule has 1 nitrogen and oxygen atoms in total. The van der Waals surface area contributed by atoms with Crippen molar-refractivity contribution in [3.8, 4) is 0 Å². The first-order valence-corrected chi connectivity index (χ1v) is 7.70. The summed E-state index contributed by atoms with van der Waals surface area (Å²) >= 11 is 0. The maximum absolute atomic E-state index is 13.2. The van der Waals surface area contributed by atoms with Gasteiger partial charge in [-0.1, -0.05) is 42.0 Å². The van der Waals surface area contributed by atoms with E-state index in [1.807, 2.05) is 6.07 Å². The SMILES string of the molecule is Cc1cccc([C@@H](C)NC2CC(c3cccc(F)c3)C2)c1. The summed E-state index contributed by atoms with van der Waals surface area (Å²) in [7, 11) is 0. The molecular weight excluding hydrogens is 261 g/mol. The van der Waals surface area contributed by atoms with Crippen molar-refractivity contribution >= 4 is 0 Å². The third kappa shape index (κ3) is 3.33. The standard InChI is InChI=1S/C19H22FN/c1-13-5-3-6-15(9-13)14(2)21-19-11-17(12-19)16-7-4-8-18(20)10-16/h3-10,14,17,19,21H,11-12H2,1-2H3/t14-,17?,19?/m1/s1. The van der Waals surface area contributed by atoms with Gasteiger partial charge in [-0.05, 0) is 55.9 Å². The van der Waals surface area contributed by atoms with Gasteiger partial charge in [0.25, 0.3) is 0 Å². The molecule has 1 aliphatic rings.